The van der Waals surface area contributed by atoms with Crippen LogP contribution in [0.2, 0.25) is 0 Å². The van der Waals surface area contributed by atoms with Gasteiger partial charge in [0.1, 0.15) is 5.82 Å². The number of rotatable bonds is 8. The third-order valence-electron chi connectivity index (χ3n) is 7.67. The zero-order valence-electron chi connectivity index (χ0n) is 21.5. The second-order valence-corrected chi connectivity index (χ2v) is 10.3. The minimum absolute atomic E-state index is 0.406. The zero-order valence-corrected chi connectivity index (χ0v) is 21.5. The molecule has 36 heavy (non-hydrogen) atoms. The molecule has 1 N–H and O–H groups in total. The molecule has 0 spiro atoms. The van der Waals surface area contributed by atoms with Gasteiger partial charge in [0.2, 0.25) is 0 Å². The Kier molecular flexibility index (Phi) is 7.43. The lowest BCUT2D eigenvalue weighted by Gasteiger charge is -2.36. The molecule has 5 rings (SSSR count). The number of nitrogens with zero attached hydrogens (tertiary/aromatic N) is 7. The highest BCUT2D eigenvalue weighted by Gasteiger charge is 2.27. The molecule has 8 nitrogen and oxygen atoms in total. The molecule has 1 atom stereocenters. The van der Waals surface area contributed by atoms with Crippen molar-refractivity contribution in [2.75, 3.05) is 63.8 Å². The van der Waals surface area contributed by atoms with E-state index in [1.165, 1.54) is 11.1 Å². The predicted molar refractivity (Wildman–Crippen MR) is 143 cm³/mol. The van der Waals surface area contributed by atoms with Crippen LogP contribution in [0.4, 0.5) is 5.82 Å². The Balaban J connectivity index is 1.08. The van der Waals surface area contributed by atoms with Gasteiger partial charge in [-0.1, -0.05) is 37.4 Å². The fraction of sp³-hybridized carbons (Fsp3) is 0.500. The van der Waals surface area contributed by atoms with Crippen LogP contribution in [0.1, 0.15) is 23.7 Å². The average Bonchev–Trinajstić information content (AvgIpc) is 3.22. The van der Waals surface area contributed by atoms with E-state index < -0.39 is 6.10 Å². The summed E-state index contributed by atoms with van der Waals surface area (Å²) < 4.78 is 0. The van der Waals surface area contributed by atoms with Gasteiger partial charge in [-0.25, -0.2) is 4.98 Å². The van der Waals surface area contributed by atoms with Gasteiger partial charge in [0.15, 0.2) is 0 Å². The third-order valence-corrected chi connectivity index (χ3v) is 7.67. The van der Waals surface area contributed by atoms with E-state index in [0.717, 1.165) is 81.8 Å². The lowest BCUT2D eigenvalue weighted by Crippen LogP contribution is -2.45. The van der Waals surface area contributed by atoms with Crippen LogP contribution < -0.4 is 4.90 Å². The molecular formula is C28H39N7O. The average molecular weight is 490 g/mol. The van der Waals surface area contributed by atoms with Gasteiger partial charge in [-0.15, -0.1) is 0 Å². The summed E-state index contributed by atoms with van der Waals surface area (Å²) in [7, 11) is 0. The van der Waals surface area contributed by atoms with Crippen molar-refractivity contribution in [1.29, 1.82) is 0 Å². The molecule has 2 fully saturated rings. The number of piperazine rings is 1. The van der Waals surface area contributed by atoms with Crippen LogP contribution in [0.15, 0.2) is 61.3 Å². The van der Waals surface area contributed by atoms with E-state index in [2.05, 4.69) is 68.8 Å². The number of benzene rings is 1. The maximum absolute atomic E-state index is 10.8. The smallest absolute Gasteiger partial charge is 0.147 e. The van der Waals surface area contributed by atoms with E-state index >= 15 is 0 Å². The van der Waals surface area contributed by atoms with Gasteiger partial charge in [0.25, 0.3) is 0 Å². The quantitative estimate of drug-likeness (QED) is 0.605. The Bertz CT molecular complexity index is 1060. The number of β-amino-alcohol motifs (C(OH)–C–C–N with tert-alkyl or cyclic N) is 1. The molecule has 1 aromatic carbocycles. The molecule has 0 saturated carbocycles. The molecule has 2 saturated heterocycles. The van der Waals surface area contributed by atoms with Gasteiger partial charge in [-0.2, -0.15) is 0 Å². The number of hydrogen-bond donors (Lipinski definition) is 1. The summed E-state index contributed by atoms with van der Waals surface area (Å²) >= 11 is 0. The highest BCUT2D eigenvalue weighted by Crippen LogP contribution is 2.22. The number of hydrogen-bond acceptors (Lipinski definition) is 8. The number of allylic oxidation sites excluding steroid dienone is 1. The van der Waals surface area contributed by atoms with E-state index in [9.17, 15) is 5.11 Å². The highest BCUT2D eigenvalue weighted by atomic mass is 16.3. The van der Waals surface area contributed by atoms with Crippen molar-refractivity contribution in [3.63, 3.8) is 0 Å². The van der Waals surface area contributed by atoms with Crippen molar-refractivity contribution in [2.45, 2.75) is 32.5 Å². The van der Waals surface area contributed by atoms with Gasteiger partial charge in [0.05, 0.1) is 36.6 Å². The SMILES string of the molecule is C=C(C)N1CCN(c2cnc(CN3CCN(C[C@H](O)CN4CCc5ccccc5C4)C3=C)cn2)CC1. The van der Waals surface area contributed by atoms with E-state index in [1.807, 2.05) is 12.4 Å². The monoisotopic (exact) mass is 489 g/mol. The molecule has 0 unspecified atom stereocenters. The normalized spacial score (nSPS) is 19.6. The van der Waals surface area contributed by atoms with E-state index in [0.29, 0.717) is 19.6 Å². The fourth-order valence-electron chi connectivity index (χ4n) is 5.49. The molecule has 3 aliphatic rings. The summed E-state index contributed by atoms with van der Waals surface area (Å²) in [5.41, 5.74) is 4.89. The number of aliphatic hydroxyl groups excluding tert-OH is 1. The van der Waals surface area contributed by atoms with Crippen LogP contribution in [0.25, 0.3) is 0 Å². The fourth-order valence-corrected chi connectivity index (χ4v) is 5.49. The summed E-state index contributed by atoms with van der Waals surface area (Å²) in [5.74, 6) is 1.89. The van der Waals surface area contributed by atoms with Gasteiger partial charge in [-0.05, 0) is 24.5 Å². The number of fused-ring (bicyclic) bond motifs is 1. The van der Waals surface area contributed by atoms with Crippen LogP contribution >= 0.6 is 0 Å². The van der Waals surface area contributed by atoms with Crippen LogP contribution in [-0.4, -0.2) is 99.7 Å². The Morgan fingerprint density at radius 3 is 2.42 bits per heavy atom. The van der Waals surface area contributed by atoms with Crippen molar-refractivity contribution in [2.24, 2.45) is 0 Å². The van der Waals surface area contributed by atoms with E-state index in [-0.39, 0.29) is 0 Å². The maximum Gasteiger partial charge on any atom is 0.147 e. The van der Waals surface area contributed by atoms with Crippen LogP contribution in [0, 0.1) is 0 Å². The molecule has 2 aromatic rings. The first-order valence-corrected chi connectivity index (χ1v) is 13.1. The predicted octanol–water partition coefficient (Wildman–Crippen LogP) is 2.14. The molecule has 192 valence electrons. The summed E-state index contributed by atoms with van der Waals surface area (Å²) in [6, 6.07) is 8.63. The Labute approximate surface area is 215 Å². The lowest BCUT2D eigenvalue weighted by molar-refractivity contribution is 0.0811. The molecule has 0 bridgehead atoms. The van der Waals surface area contributed by atoms with Crippen LogP contribution in [0.5, 0.6) is 0 Å². The maximum atomic E-state index is 10.8. The standard InChI is InChI=1S/C28H39N7O/c1-22(2)32-10-12-33(13-11-32)28-17-29-26(16-30-28)19-34-14-15-35(23(34)3)21-27(36)20-31-9-8-24-6-4-5-7-25(24)18-31/h4-7,16-17,27,36H,1,3,8-15,18-21H2,2H3/t27-/m1/s1. The van der Waals surface area contributed by atoms with E-state index in [1.54, 1.807) is 0 Å². The first-order valence-electron chi connectivity index (χ1n) is 13.1. The number of aromatic nitrogens is 2. The molecule has 3 aliphatic heterocycles. The largest absolute Gasteiger partial charge is 0.390 e. The van der Waals surface area contributed by atoms with Crippen LogP contribution in [-0.2, 0) is 19.5 Å². The minimum Gasteiger partial charge on any atom is -0.390 e. The van der Waals surface area contributed by atoms with Crippen molar-refractivity contribution in [3.8, 4) is 0 Å². The second kappa shape index (κ2) is 10.9. The summed E-state index contributed by atoms with van der Waals surface area (Å²) in [6.07, 6.45) is 4.43. The molecule has 8 heteroatoms. The van der Waals surface area contributed by atoms with Crippen molar-refractivity contribution < 1.29 is 5.11 Å². The van der Waals surface area contributed by atoms with Crippen molar-refractivity contribution in [3.05, 3.63) is 78.2 Å². The van der Waals surface area contributed by atoms with Gasteiger partial charge in [-0.3, -0.25) is 9.88 Å². The lowest BCUT2D eigenvalue weighted by atomic mass is 10.00. The summed E-state index contributed by atoms with van der Waals surface area (Å²) in [4.78, 5) is 20.8. The molecule has 1 aromatic heterocycles. The molecule has 0 aliphatic carbocycles. The number of anilines is 1. The molecular weight excluding hydrogens is 450 g/mol. The second-order valence-electron chi connectivity index (χ2n) is 10.3. The minimum atomic E-state index is -0.406. The zero-order chi connectivity index (χ0) is 25.1. The Morgan fingerprint density at radius 1 is 0.944 bits per heavy atom. The highest BCUT2D eigenvalue weighted by molar-refractivity contribution is 5.36. The van der Waals surface area contributed by atoms with E-state index in [4.69, 9.17) is 9.97 Å². The third kappa shape index (κ3) is 5.65. The van der Waals surface area contributed by atoms with Gasteiger partial charge in [0, 0.05) is 71.1 Å². The van der Waals surface area contributed by atoms with Crippen molar-refractivity contribution in [1.82, 2.24) is 29.6 Å². The van der Waals surface area contributed by atoms with Gasteiger partial charge < -0.3 is 24.7 Å². The molecule has 0 amide bonds. The molecule has 4 heterocycles. The first kappa shape index (κ1) is 24.6. The first-order chi connectivity index (χ1) is 17.5. The van der Waals surface area contributed by atoms with Crippen LogP contribution in [0.3, 0.4) is 0 Å². The molecule has 0 radical (unpaired) electrons. The van der Waals surface area contributed by atoms with Crippen molar-refractivity contribution >= 4 is 5.82 Å². The topological polar surface area (TPSA) is 62.2 Å². The Morgan fingerprint density at radius 2 is 1.69 bits per heavy atom. The Hall–Kier alpha value is -3.10. The summed E-state index contributed by atoms with van der Waals surface area (Å²) in [6.45, 7) is 19.9. The summed E-state index contributed by atoms with van der Waals surface area (Å²) in [5, 5.41) is 10.8. The number of aliphatic hydroxyl groups is 1. The van der Waals surface area contributed by atoms with Gasteiger partial charge >= 0.3 is 0 Å².